The summed E-state index contributed by atoms with van der Waals surface area (Å²) in [6.07, 6.45) is 3.79. The van der Waals surface area contributed by atoms with Crippen molar-refractivity contribution < 1.29 is 8.42 Å². The molecule has 1 unspecified atom stereocenters. The quantitative estimate of drug-likeness (QED) is 0.906. The standard InChI is InChI=1S/C15H24N4O2S/c1-13-6-4-8-15(16-13)18-9-5-7-14(12-18)17-22(20,21)19-10-2-3-11-19/h4,6,8,14,17H,2-3,5,7,9-12H2,1H3. The van der Waals surface area contributed by atoms with E-state index in [1.807, 2.05) is 25.1 Å². The Morgan fingerprint density at radius 2 is 1.95 bits per heavy atom. The molecule has 2 fully saturated rings. The first-order valence-electron chi connectivity index (χ1n) is 8.00. The average Bonchev–Trinajstić information content (AvgIpc) is 3.02. The van der Waals surface area contributed by atoms with Gasteiger partial charge in [-0.2, -0.15) is 17.4 Å². The average molecular weight is 324 g/mol. The third-order valence-electron chi connectivity index (χ3n) is 4.34. The molecule has 0 spiro atoms. The van der Waals surface area contributed by atoms with Gasteiger partial charge in [-0.15, -0.1) is 0 Å². The largest absolute Gasteiger partial charge is 0.355 e. The van der Waals surface area contributed by atoms with Gasteiger partial charge in [0.1, 0.15) is 5.82 Å². The number of nitrogens with one attached hydrogen (secondary N) is 1. The first kappa shape index (κ1) is 15.7. The van der Waals surface area contributed by atoms with E-state index in [1.54, 1.807) is 4.31 Å². The van der Waals surface area contributed by atoms with Gasteiger partial charge in [0.05, 0.1) is 0 Å². The van der Waals surface area contributed by atoms with E-state index < -0.39 is 10.2 Å². The van der Waals surface area contributed by atoms with Crippen LogP contribution in [0.15, 0.2) is 18.2 Å². The van der Waals surface area contributed by atoms with Crippen molar-refractivity contribution in [1.29, 1.82) is 0 Å². The van der Waals surface area contributed by atoms with Gasteiger partial charge >= 0.3 is 0 Å². The maximum absolute atomic E-state index is 12.4. The number of hydrogen-bond donors (Lipinski definition) is 1. The molecule has 1 N–H and O–H groups in total. The van der Waals surface area contributed by atoms with Crippen molar-refractivity contribution in [2.45, 2.75) is 38.6 Å². The Bertz CT molecular complexity index is 614. The van der Waals surface area contributed by atoms with E-state index in [9.17, 15) is 8.42 Å². The predicted octanol–water partition coefficient (Wildman–Crippen LogP) is 1.29. The van der Waals surface area contributed by atoms with Crippen LogP contribution in [0.1, 0.15) is 31.4 Å². The zero-order valence-corrected chi connectivity index (χ0v) is 13.8. The number of rotatable bonds is 4. The molecule has 2 saturated heterocycles. The molecule has 1 atom stereocenters. The van der Waals surface area contributed by atoms with E-state index in [4.69, 9.17) is 0 Å². The normalized spacial score (nSPS) is 23.9. The van der Waals surface area contributed by atoms with Crippen LogP contribution < -0.4 is 9.62 Å². The zero-order valence-electron chi connectivity index (χ0n) is 13.0. The number of pyridine rings is 1. The second-order valence-electron chi connectivity index (χ2n) is 6.15. The maximum Gasteiger partial charge on any atom is 0.279 e. The van der Waals surface area contributed by atoms with Crippen LogP contribution >= 0.6 is 0 Å². The van der Waals surface area contributed by atoms with E-state index in [0.717, 1.165) is 43.7 Å². The molecule has 0 amide bonds. The molecule has 7 heteroatoms. The third kappa shape index (κ3) is 3.59. The van der Waals surface area contributed by atoms with Gasteiger partial charge < -0.3 is 4.90 Å². The number of anilines is 1. The molecule has 6 nitrogen and oxygen atoms in total. The Morgan fingerprint density at radius 3 is 2.68 bits per heavy atom. The van der Waals surface area contributed by atoms with Crippen molar-refractivity contribution >= 4 is 16.0 Å². The molecule has 0 bridgehead atoms. The summed E-state index contributed by atoms with van der Waals surface area (Å²) in [5, 5.41) is 0. The number of aryl methyl sites for hydroxylation is 1. The first-order valence-corrected chi connectivity index (χ1v) is 9.45. The van der Waals surface area contributed by atoms with E-state index in [-0.39, 0.29) is 6.04 Å². The lowest BCUT2D eigenvalue weighted by Crippen LogP contribution is -2.51. The van der Waals surface area contributed by atoms with E-state index in [1.165, 1.54) is 0 Å². The molecule has 1 aromatic rings. The van der Waals surface area contributed by atoms with Gasteiger partial charge in [0.25, 0.3) is 10.2 Å². The molecule has 1 aromatic heterocycles. The SMILES string of the molecule is Cc1cccc(N2CCCC(NS(=O)(=O)N3CCCC3)C2)n1. The molecule has 3 heterocycles. The van der Waals surface area contributed by atoms with Crippen LogP contribution in [0.25, 0.3) is 0 Å². The van der Waals surface area contributed by atoms with Gasteiger partial charge in [-0.1, -0.05) is 6.07 Å². The van der Waals surface area contributed by atoms with Crippen molar-refractivity contribution in [2.75, 3.05) is 31.1 Å². The van der Waals surface area contributed by atoms with Crippen LogP contribution in [0.3, 0.4) is 0 Å². The lowest BCUT2D eigenvalue weighted by atomic mass is 10.1. The molecule has 0 aliphatic carbocycles. The first-order chi connectivity index (χ1) is 10.5. The molecule has 3 rings (SSSR count). The molecular weight excluding hydrogens is 300 g/mol. The highest BCUT2D eigenvalue weighted by molar-refractivity contribution is 7.87. The number of hydrogen-bond acceptors (Lipinski definition) is 4. The molecule has 122 valence electrons. The monoisotopic (exact) mass is 324 g/mol. The lowest BCUT2D eigenvalue weighted by molar-refractivity contribution is 0.424. The Hall–Kier alpha value is -1.18. The molecule has 22 heavy (non-hydrogen) atoms. The Kier molecular flexibility index (Phi) is 4.65. The van der Waals surface area contributed by atoms with Gasteiger partial charge in [0.2, 0.25) is 0 Å². The van der Waals surface area contributed by atoms with Gasteiger partial charge in [-0.25, -0.2) is 4.98 Å². The minimum absolute atomic E-state index is 0.0401. The second-order valence-corrected chi connectivity index (χ2v) is 7.85. The number of aromatic nitrogens is 1. The van der Waals surface area contributed by atoms with Crippen molar-refractivity contribution in [3.8, 4) is 0 Å². The molecule has 0 saturated carbocycles. The highest BCUT2D eigenvalue weighted by atomic mass is 32.2. The molecule has 2 aliphatic heterocycles. The molecule has 2 aliphatic rings. The Balaban J connectivity index is 1.65. The fraction of sp³-hybridized carbons (Fsp3) is 0.667. The minimum Gasteiger partial charge on any atom is -0.355 e. The van der Waals surface area contributed by atoms with Crippen molar-refractivity contribution in [3.63, 3.8) is 0 Å². The van der Waals surface area contributed by atoms with Gasteiger partial charge in [0, 0.05) is 37.9 Å². The summed E-state index contributed by atoms with van der Waals surface area (Å²) in [6, 6.07) is 5.92. The summed E-state index contributed by atoms with van der Waals surface area (Å²) in [5.41, 5.74) is 0.984. The smallest absolute Gasteiger partial charge is 0.279 e. The van der Waals surface area contributed by atoms with Gasteiger partial charge in [0.15, 0.2) is 0 Å². The fourth-order valence-corrected chi connectivity index (χ4v) is 4.70. The van der Waals surface area contributed by atoms with Gasteiger partial charge in [-0.05, 0) is 44.7 Å². The zero-order chi connectivity index (χ0) is 15.6. The van der Waals surface area contributed by atoms with E-state index in [2.05, 4.69) is 14.6 Å². The third-order valence-corrected chi connectivity index (χ3v) is 6.02. The highest BCUT2D eigenvalue weighted by Crippen LogP contribution is 2.20. The summed E-state index contributed by atoms with van der Waals surface area (Å²) in [6.45, 7) is 4.87. The van der Waals surface area contributed by atoms with Crippen molar-refractivity contribution in [3.05, 3.63) is 23.9 Å². The van der Waals surface area contributed by atoms with Crippen molar-refractivity contribution in [2.24, 2.45) is 0 Å². The summed E-state index contributed by atoms with van der Waals surface area (Å²) < 4.78 is 29.2. The molecule has 0 radical (unpaired) electrons. The fourth-order valence-electron chi connectivity index (χ4n) is 3.20. The van der Waals surface area contributed by atoms with Crippen LogP contribution in [0, 0.1) is 6.92 Å². The predicted molar refractivity (Wildman–Crippen MR) is 87.1 cm³/mol. The van der Waals surface area contributed by atoms with Crippen LogP contribution in [0.4, 0.5) is 5.82 Å². The second kappa shape index (κ2) is 6.52. The molecule has 0 aromatic carbocycles. The lowest BCUT2D eigenvalue weighted by Gasteiger charge is -2.34. The van der Waals surface area contributed by atoms with Crippen LogP contribution in [-0.4, -0.2) is 49.9 Å². The highest BCUT2D eigenvalue weighted by Gasteiger charge is 2.30. The van der Waals surface area contributed by atoms with Gasteiger partial charge in [-0.3, -0.25) is 0 Å². The number of nitrogens with zero attached hydrogens (tertiary/aromatic N) is 3. The minimum atomic E-state index is -3.34. The summed E-state index contributed by atoms with van der Waals surface area (Å²) >= 11 is 0. The summed E-state index contributed by atoms with van der Waals surface area (Å²) in [5.74, 6) is 0.935. The maximum atomic E-state index is 12.4. The topological polar surface area (TPSA) is 65.5 Å². The van der Waals surface area contributed by atoms with Crippen LogP contribution in [-0.2, 0) is 10.2 Å². The van der Waals surface area contributed by atoms with E-state index >= 15 is 0 Å². The molecular formula is C15H24N4O2S. The summed E-state index contributed by atoms with van der Waals surface area (Å²) in [4.78, 5) is 6.72. The Labute approximate surface area is 132 Å². The Morgan fingerprint density at radius 1 is 1.18 bits per heavy atom. The number of piperidine rings is 1. The van der Waals surface area contributed by atoms with Crippen LogP contribution in [0.5, 0.6) is 0 Å². The van der Waals surface area contributed by atoms with Crippen molar-refractivity contribution in [1.82, 2.24) is 14.0 Å². The summed E-state index contributed by atoms with van der Waals surface area (Å²) in [7, 11) is -3.34. The van der Waals surface area contributed by atoms with E-state index in [0.29, 0.717) is 19.6 Å². The van der Waals surface area contributed by atoms with Crippen LogP contribution in [0.2, 0.25) is 0 Å².